The first-order valence-electron chi connectivity index (χ1n) is 6.45. The Morgan fingerprint density at radius 2 is 2.06 bits per heavy atom. The Morgan fingerprint density at radius 1 is 1.44 bits per heavy atom. The second kappa shape index (κ2) is 5.53. The molecular weight excluding hydrogens is 224 g/mol. The van der Waals surface area contributed by atoms with Crippen molar-refractivity contribution in [3.63, 3.8) is 0 Å². The predicted molar refractivity (Wildman–Crippen MR) is 75.4 cm³/mol. The Kier molecular flexibility index (Phi) is 4.52. The van der Waals surface area contributed by atoms with Crippen LogP contribution in [0.15, 0.2) is 18.2 Å². The smallest absolute Gasteiger partial charge is 0.240 e. The fourth-order valence-corrected chi connectivity index (χ4v) is 1.83. The van der Waals surface area contributed by atoms with Crippen LogP contribution in [0.25, 0.3) is 0 Å². The SMILES string of the molecule is CCC(C)(N)C(=O)NC(C)c1cc(C)ccc1C. The molecule has 0 spiro atoms. The molecule has 100 valence electrons. The maximum Gasteiger partial charge on any atom is 0.240 e. The minimum absolute atomic E-state index is 0.0215. The van der Waals surface area contributed by atoms with Crippen LogP contribution in [0.3, 0.4) is 0 Å². The molecule has 0 saturated heterocycles. The van der Waals surface area contributed by atoms with Crippen LogP contribution in [-0.2, 0) is 4.79 Å². The van der Waals surface area contributed by atoms with E-state index >= 15 is 0 Å². The monoisotopic (exact) mass is 248 g/mol. The van der Waals surface area contributed by atoms with Gasteiger partial charge in [-0.2, -0.15) is 0 Å². The lowest BCUT2D eigenvalue weighted by molar-refractivity contribution is -0.126. The number of aryl methyl sites for hydroxylation is 2. The molecule has 0 heterocycles. The summed E-state index contributed by atoms with van der Waals surface area (Å²) in [6.45, 7) is 9.78. The maximum absolute atomic E-state index is 12.0. The lowest BCUT2D eigenvalue weighted by Crippen LogP contribution is -2.51. The van der Waals surface area contributed by atoms with E-state index in [1.807, 2.05) is 13.8 Å². The topological polar surface area (TPSA) is 55.1 Å². The van der Waals surface area contributed by atoms with Crippen LogP contribution in [-0.4, -0.2) is 11.4 Å². The Balaban J connectivity index is 2.86. The van der Waals surface area contributed by atoms with Crippen molar-refractivity contribution in [1.29, 1.82) is 0 Å². The summed E-state index contributed by atoms with van der Waals surface area (Å²) in [7, 11) is 0. The first-order chi connectivity index (χ1) is 8.27. The van der Waals surface area contributed by atoms with Crippen LogP contribution in [0.4, 0.5) is 0 Å². The molecule has 0 aliphatic heterocycles. The van der Waals surface area contributed by atoms with E-state index in [4.69, 9.17) is 5.73 Å². The zero-order valence-electron chi connectivity index (χ0n) is 12.0. The molecule has 3 nitrogen and oxygen atoms in total. The molecule has 0 radical (unpaired) electrons. The number of carbonyl (C=O) groups excluding carboxylic acids is 1. The number of benzene rings is 1. The first kappa shape index (κ1) is 14.7. The lowest BCUT2D eigenvalue weighted by Gasteiger charge is -2.25. The molecule has 0 aliphatic rings. The summed E-state index contributed by atoms with van der Waals surface area (Å²) in [6.07, 6.45) is 0.623. The number of nitrogens with two attached hydrogens (primary N) is 1. The third kappa shape index (κ3) is 3.33. The minimum Gasteiger partial charge on any atom is -0.348 e. The number of hydrogen-bond acceptors (Lipinski definition) is 2. The average Bonchev–Trinajstić information content (AvgIpc) is 2.31. The number of carbonyl (C=O) groups is 1. The van der Waals surface area contributed by atoms with Crippen LogP contribution in [0.5, 0.6) is 0 Å². The third-order valence-corrected chi connectivity index (χ3v) is 3.50. The largest absolute Gasteiger partial charge is 0.348 e. The van der Waals surface area contributed by atoms with Gasteiger partial charge in [0, 0.05) is 0 Å². The van der Waals surface area contributed by atoms with E-state index in [9.17, 15) is 4.79 Å². The van der Waals surface area contributed by atoms with Gasteiger partial charge in [-0.3, -0.25) is 4.79 Å². The minimum atomic E-state index is -0.800. The fourth-order valence-electron chi connectivity index (χ4n) is 1.83. The molecule has 0 saturated carbocycles. The van der Waals surface area contributed by atoms with Gasteiger partial charge in [-0.1, -0.05) is 30.7 Å². The lowest BCUT2D eigenvalue weighted by atomic mass is 9.96. The second-order valence-electron chi connectivity index (χ2n) is 5.33. The summed E-state index contributed by atoms with van der Waals surface area (Å²) in [5.41, 5.74) is 8.67. The summed E-state index contributed by atoms with van der Waals surface area (Å²) in [4.78, 5) is 12.0. The molecule has 3 N–H and O–H groups in total. The van der Waals surface area contributed by atoms with Gasteiger partial charge in [-0.25, -0.2) is 0 Å². The number of rotatable bonds is 4. The van der Waals surface area contributed by atoms with Gasteiger partial charge >= 0.3 is 0 Å². The van der Waals surface area contributed by atoms with Crippen LogP contribution in [0, 0.1) is 13.8 Å². The van der Waals surface area contributed by atoms with Crippen molar-refractivity contribution < 1.29 is 4.79 Å². The zero-order chi connectivity index (χ0) is 13.9. The fraction of sp³-hybridized carbons (Fsp3) is 0.533. The number of amides is 1. The highest BCUT2D eigenvalue weighted by Crippen LogP contribution is 2.19. The maximum atomic E-state index is 12.0. The predicted octanol–water partition coefficient (Wildman–Crippen LogP) is 2.61. The molecule has 0 aromatic heterocycles. The molecule has 0 fully saturated rings. The van der Waals surface area contributed by atoms with Gasteiger partial charge in [0.15, 0.2) is 0 Å². The summed E-state index contributed by atoms with van der Waals surface area (Å²) in [5.74, 6) is -0.0987. The normalized spacial score (nSPS) is 15.9. The second-order valence-corrected chi connectivity index (χ2v) is 5.33. The Bertz CT molecular complexity index is 438. The van der Waals surface area contributed by atoms with E-state index in [0.717, 1.165) is 5.56 Å². The third-order valence-electron chi connectivity index (χ3n) is 3.50. The van der Waals surface area contributed by atoms with Crippen molar-refractivity contribution in [3.8, 4) is 0 Å². The molecule has 1 aromatic rings. The molecule has 1 aromatic carbocycles. The molecule has 2 unspecified atom stereocenters. The van der Waals surface area contributed by atoms with E-state index < -0.39 is 5.54 Å². The number of hydrogen-bond donors (Lipinski definition) is 2. The van der Waals surface area contributed by atoms with E-state index in [-0.39, 0.29) is 11.9 Å². The highest BCUT2D eigenvalue weighted by molar-refractivity contribution is 5.85. The van der Waals surface area contributed by atoms with Gasteiger partial charge in [-0.15, -0.1) is 0 Å². The first-order valence-corrected chi connectivity index (χ1v) is 6.45. The van der Waals surface area contributed by atoms with E-state index in [0.29, 0.717) is 6.42 Å². The van der Waals surface area contributed by atoms with Gasteiger partial charge in [-0.05, 0) is 45.2 Å². The number of nitrogens with one attached hydrogen (secondary N) is 1. The molecule has 1 amide bonds. The molecule has 18 heavy (non-hydrogen) atoms. The van der Waals surface area contributed by atoms with Crippen LogP contribution < -0.4 is 11.1 Å². The van der Waals surface area contributed by atoms with Gasteiger partial charge in [0.05, 0.1) is 11.6 Å². The quantitative estimate of drug-likeness (QED) is 0.860. The highest BCUT2D eigenvalue weighted by Gasteiger charge is 2.27. The molecule has 0 bridgehead atoms. The van der Waals surface area contributed by atoms with Crippen molar-refractivity contribution in [1.82, 2.24) is 5.32 Å². The van der Waals surface area contributed by atoms with Crippen molar-refractivity contribution >= 4 is 5.91 Å². The summed E-state index contributed by atoms with van der Waals surface area (Å²) in [5, 5.41) is 2.99. The molecular formula is C15H24N2O. The highest BCUT2D eigenvalue weighted by atomic mass is 16.2. The summed E-state index contributed by atoms with van der Waals surface area (Å²) < 4.78 is 0. The van der Waals surface area contributed by atoms with Gasteiger partial charge < -0.3 is 11.1 Å². The molecule has 3 heteroatoms. The summed E-state index contributed by atoms with van der Waals surface area (Å²) >= 11 is 0. The Hall–Kier alpha value is -1.35. The van der Waals surface area contributed by atoms with E-state index in [1.54, 1.807) is 6.92 Å². The van der Waals surface area contributed by atoms with Gasteiger partial charge in [0.1, 0.15) is 0 Å². The van der Waals surface area contributed by atoms with Crippen LogP contribution in [0.1, 0.15) is 49.9 Å². The average molecular weight is 248 g/mol. The van der Waals surface area contributed by atoms with E-state index in [1.165, 1.54) is 11.1 Å². The van der Waals surface area contributed by atoms with Crippen molar-refractivity contribution in [2.24, 2.45) is 5.73 Å². The van der Waals surface area contributed by atoms with Gasteiger partial charge in [0.2, 0.25) is 5.91 Å². The zero-order valence-corrected chi connectivity index (χ0v) is 12.0. The summed E-state index contributed by atoms with van der Waals surface area (Å²) in [6, 6.07) is 6.24. The molecule has 2 atom stereocenters. The Labute approximate surface area is 110 Å². The molecule has 1 rings (SSSR count). The molecule has 0 aliphatic carbocycles. The van der Waals surface area contributed by atoms with Crippen molar-refractivity contribution in [3.05, 3.63) is 34.9 Å². The van der Waals surface area contributed by atoms with Crippen molar-refractivity contribution in [2.45, 2.75) is 52.6 Å². The standard InChI is InChI=1S/C15H24N2O/c1-6-15(5,16)14(18)17-12(4)13-9-10(2)7-8-11(13)3/h7-9,12H,6,16H2,1-5H3,(H,17,18). The Morgan fingerprint density at radius 3 is 2.61 bits per heavy atom. The van der Waals surface area contributed by atoms with Gasteiger partial charge in [0.25, 0.3) is 0 Å². The van der Waals surface area contributed by atoms with Crippen molar-refractivity contribution in [2.75, 3.05) is 0 Å². The van der Waals surface area contributed by atoms with Crippen LogP contribution >= 0.6 is 0 Å². The van der Waals surface area contributed by atoms with E-state index in [2.05, 4.69) is 37.4 Å². The van der Waals surface area contributed by atoms with Crippen LogP contribution in [0.2, 0.25) is 0 Å².